The minimum absolute atomic E-state index is 0.109. The van der Waals surface area contributed by atoms with Gasteiger partial charge in [0.2, 0.25) is 0 Å². The second kappa shape index (κ2) is 6.99. The van der Waals surface area contributed by atoms with E-state index in [2.05, 4.69) is 10.6 Å². The Morgan fingerprint density at radius 1 is 1.00 bits per heavy atom. The lowest BCUT2D eigenvalue weighted by atomic mass is 9.93. The van der Waals surface area contributed by atoms with Crippen LogP contribution in [0.25, 0.3) is 0 Å². The first kappa shape index (κ1) is 17.3. The molecule has 1 aromatic rings. The lowest BCUT2D eigenvalue weighted by Gasteiger charge is -2.25. The van der Waals surface area contributed by atoms with Crippen LogP contribution in [0.3, 0.4) is 0 Å². The summed E-state index contributed by atoms with van der Waals surface area (Å²) in [7, 11) is 0. The minimum Gasteiger partial charge on any atom is -0.393 e. The summed E-state index contributed by atoms with van der Waals surface area (Å²) < 4.78 is 37.3. The number of amides is 2. The van der Waals surface area contributed by atoms with Gasteiger partial charge in [-0.1, -0.05) is 0 Å². The molecule has 2 rings (SSSR count). The van der Waals surface area contributed by atoms with Crippen molar-refractivity contribution in [3.8, 4) is 0 Å². The number of nitrogens with one attached hydrogen (secondary N) is 2. The number of hydrogen-bond donors (Lipinski definition) is 3. The minimum atomic E-state index is -4.45. The molecule has 1 aliphatic rings. The highest BCUT2D eigenvalue weighted by Crippen LogP contribution is 2.29. The van der Waals surface area contributed by atoms with Gasteiger partial charge in [0.15, 0.2) is 0 Å². The van der Waals surface area contributed by atoms with E-state index in [1.165, 1.54) is 0 Å². The Morgan fingerprint density at radius 2 is 1.57 bits per heavy atom. The van der Waals surface area contributed by atoms with Crippen molar-refractivity contribution >= 4 is 17.5 Å². The molecule has 0 aromatic heterocycles. The zero-order valence-corrected chi connectivity index (χ0v) is 12.2. The van der Waals surface area contributed by atoms with Gasteiger partial charge in [-0.25, -0.2) is 0 Å². The molecular weight excluding hydrogens is 313 g/mol. The van der Waals surface area contributed by atoms with Crippen LogP contribution in [0.2, 0.25) is 0 Å². The Labute approximate surface area is 130 Å². The maximum Gasteiger partial charge on any atom is 0.416 e. The van der Waals surface area contributed by atoms with E-state index in [1.54, 1.807) is 0 Å². The molecule has 1 aromatic carbocycles. The predicted molar refractivity (Wildman–Crippen MR) is 76.5 cm³/mol. The lowest BCUT2D eigenvalue weighted by molar-refractivity contribution is -0.137. The number of hydrogen-bond acceptors (Lipinski definition) is 3. The molecule has 0 bridgehead atoms. The zero-order valence-electron chi connectivity index (χ0n) is 12.2. The molecule has 1 saturated carbocycles. The summed E-state index contributed by atoms with van der Waals surface area (Å²) in [5.74, 6) is -1.78. The molecule has 23 heavy (non-hydrogen) atoms. The second-order valence-corrected chi connectivity index (χ2v) is 5.51. The smallest absolute Gasteiger partial charge is 0.393 e. The fraction of sp³-hybridized carbons (Fsp3) is 0.467. The van der Waals surface area contributed by atoms with Crippen molar-refractivity contribution in [3.05, 3.63) is 29.8 Å². The van der Waals surface area contributed by atoms with Gasteiger partial charge >= 0.3 is 18.0 Å². The molecular formula is C15H17F3N2O3. The molecule has 126 valence electrons. The number of aliphatic hydroxyl groups excluding tert-OH is 1. The maximum atomic E-state index is 12.4. The van der Waals surface area contributed by atoms with Crippen molar-refractivity contribution in [2.75, 3.05) is 5.32 Å². The number of alkyl halides is 3. The van der Waals surface area contributed by atoms with Gasteiger partial charge in [-0.15, -0.1) is 0 Å². The quantitative estimate of drug-likeness (QED) is 0.726. The molecule has 1 aliphatic carbocycles. The van der Waals surface area contributed by atoms with Crippen LogP contribution in [0.15, 0.2) is 24.3 Å². The van der Waals surface area contributed by atoms with Crippen LogP contribution >= 0.6 is 0 Å². The molecule has 0 aliphatic heterocycles. The zero-order chi connectivity index (χ0) is 17.0. The second-order valence-electron chi connectivity index (χ2n) is 5.51. The largest absolute Gasteiger partial charge is 0.416 e. The third kappa shape index (κ3) is 4.95. The van der Waals surface area contributed by atoms with Crippen LogP contribution < -0.4 is 10.6 Å². The van der Waals surface area contributed by atoms with Crippen molar-refractivity contribution < 1.29 is 27.9 Å². The van der Waals surface area contributed by atoms with Crippen LogP contribution in [-0.4, -0.2) is 29.1 Å². The number of aliphatic hydroxyl groups is 1. The van der Waals surface area contributed by atoms with Crippen LogP contribution in [0.4, 0.5) is 18.9 Å². The summed E-state index contributed by atoms with van der Waals surface area (Å²) in [4.78, 5) is 23.5. The summed E-state index contributed by atoms with van der Waals surface area (Å²) in [6.07, 6.45) is -2.53. The van der Waals surface area contributed by atoms with Crippen molar-refractivity contribution in [2.24, 2.45) is 0 Å². The first-order chi connectivity index (χ1) is 10.8. The van der Waals surface area contributed by atoms with Crippen LogP contribution in [-0.2, 0) is 15.8 Å². The summed E-state index contributed by atoms with van der Waals surface area (Å²) >= 11 is 0. The van der Waals surface area contributed by atoms with Crippen molar-refractivity contribution in [1.29, 1.82) is 0 Å². The Kier molecular flexibility index (Phi) is 5.25. The first-order valence-electron chi connectivity index (χ1n) is 7.23. The first-order valence-corrected chi connectivity index (χ1v) is 7.23. The molecule has 1 fully saturated rings. The van der Waals surface area contributed by atoms with Gasteiger partial charge < -0.3 is 15.7 Å². The highest BCUT2D eigenvalue weighted by Gasteiger charge is 2.30. The van der Waals surface area contributed by atoms with Crippen LogP contribution in [0, 0.1) is 0 Å². The van der Waals surface area contributed by atoms with E-state index in [1.807, 2.05) is 0 Å². The number of anilines is 1. The summed E-state index contributed by atoms with van der Waals surface area (Å²) in [5, 5.41) is 14.2. The number of benzene rings is 1. The van der Waals surface area contributed by atoms with Crippen molar-refractivity contribution in [2.45, 2.75) is 44.0 Å². The fourth-order valence-electron chi connectivity index (χ4n) is 2.40. The predicted octanol–water partition coefficient (Wildman–Crippen LogP) is 2.06. The molecule has 5 nitrogen and oxygen atoms in total. The van der Waals surface area contributed by atoms with E-state index in [-0.39, 0.29) is 17.8 Å². The number of halogens is 3. The van der Waals surface area contributed by atoms with Crippen LogP contribution in [0.5, 0.6) is 0 Å². The standard InChI is InChI=1S/C15H17F3N2O3/c16-15(17,18)9-1-3-10(4-2-9)19-13(22)14(23)20-11-5-7-12(21)8-6-11/h1-4,11-12,21H,5-8H2,(H,19,22)(H,20,23). The van der Waals surface area contributed by atoms with E-state index in [0.29, 0.717) is 25.7 Å². The molecule has 0 atom stereocenters. The van der Waals surface area contributed by atoms with Gasteiger partial charge in [0, 0.05) is 11.7 Å². The normalized spacial score (nSPS) is 21.6. The molecule has 0 unspecified atom stereocenters. The van der Waals surface area contributed by atoms with E-state index < -0.39 is 23.6 Å². The van der Waals surface area contributed by atoms with Crippen LogP contribution in [0.1, 0.15) is 31.2 Å². The number of rotatable bonds is 2. The topological polar surface area (TPSA) is 78.4 Å². The monoisotopic (exact) mass is 330 g/mol. The molecule has 0 radical (unpaired) electrons. The van der Waals surface area contributed by atoms with E-state index >= 15 is 0 Å². The van der Waals surface area contributed by atoms with Gasteiger partial charge in [-0.2, -0.15) is 13.2 Å². The Bertz CT molecular complexity index is 564. The number of carbonyl (C=O) groups is 2. The van der Waals surface area contributed by atoms with E-state index in [0.717, 1.165) is 24.3 Å². The Hall–Kier alpha value is -2.09. The average Bonchev–Trinajstić information content (AvgIpc) is 2.49. The highest BCUT2D eigenvalue weighted by molar-refractivity contribution is 6.39. The molecule has 0 heterocycles. The van der Waals surface area contributed by atoms with Crippen molar-refractivity contribution in [1.82, 2.24) is 5.32 Å². The summed E-state index contributed by atoms with van der Waals surface area (Å²) in [6, 6.07) is 3.66. The third-order valence-corrected chi connectivity index (χ3v) is 3.71. The Morgan fingerprint density at radius 3 is 2.09 bits per heavy atom. The van der Waals surface area contributed by atoms with Gasteiger partial charge in [-0.05, 0) is 49.9 Å². The maximum absolute atomic E-state index is 12.4. The lowest BCUT2D eigenvalue weighted by Crippen LogP contribution is -2.43. The van der Waals surface area contributed by atoms with Gasteiger partial charge in [-0.3, -0.25) is 9.59 Å². The van der Waals surface area contributed by atoms with Gasteiger partial charge in [0.05, 0.1) is 11.7 Å². The summed E-state index contributed by atoms with van der Waals surface area (Å²) in [6.45, 7) is 0. The van der Waals surface area contributed by atoms with Gasteiger partial charge in [0.25, 0.3) is 0 Å². The molecule has 3 N–H and O–H groups in total. The highest BCUT2D eigenvalue weighted by atomic mass is 19.4. The fourth-order valence-corrected chi connectivity index (χ4v) is 2.40. The third-order valence-electron chi connectivity index (χ3n) is 3.71. The summed E-state index contributed by atoms with van der Waals surface area (Å²) in [5.41, 5.74) is -0.724. The molecule has 8 heteroatoms. The SMILES string of the molecule is O=C(Nc1ccc(C(F)(F)F)cc1)C(=O)NC1CCC(O)CC1. The number of carbonyl (C=O) groups excluding carboxylic acids is 2. The average molecular weight is 330 g/mol. The molecule has 0 saturated heterocycles. The van der Waals surface area contributed by atoms with Gasteiger partial charge in [0.1, 0.15) is 0 Å². The molecule has 2 amide bonds. The Balaban J connectivity index is 1.87. The molecule has 0 spiro atoms. The van der Waals surface area contributed by atoms with E-state index in [4.69, 9.17) is 0 Å². The van der Waals surface area contributed by atoms with Crippen molar-refractivity contribution in [3.63, 3.8) is 0 Å². The van der Waals surface area contributed by atoms with E-state index in [9.17, 15) is 27.9 Å².